The fourth-order valence-electron chi connectivity index (χ4n) is 4.26. The van der Waals surface area contributed by atoms with Gasteiger partial charge in [-0.2, -0.15) is 0 Å². The Kier molecular flexibility index (Phi) is 19.2. The van der Waals surface area contributed by atoms with E-state index >= 15 is 0 Å². The molecular formula is C24H51Si. The Labute approximate surface area is 163 Å². The van der Waals surface area contributed by atoms with Crippen molar-refractivity contribution in [2.24, 2.45) is 0 Å². The Balaban J connectivity index is 3.21. The predicted octanol–water partition coefficient (Wildman–Crippen LogP) is 9.57. The van der Waals surface area contributed by atoms with Crippen LogP contribution >= 0.6 is 0 Å². The smallest absolute Gasteiger partial charge is 0.0527 e. The van der Waals surface area contributed by atoms with Gasteiger partial charge in [0.05, 0.1) is 8.07 Å². The van der Waals surface area contributed by atoms with E-state index in [1.807, 2.05) is 0 Å². The third kappa shape index (κ3) is 15.0. The van der Waals surface area contributed by atoms with Gasteiger partial charge in [0.2, 0.25) is 0 Å². The van der Waals surface area contributed by atoms with Gasteiger partial charge in [0, 0.05) is 0 Å². The zero-order valence-corrected chi connectivity index (χ0v) is 19.3. The van der Waals surface area contributed by atoms with Crippen LogP contribution in [-0.2, 0) is 0 Å². The number of hydrogen-bond acceptors (Lipinski definition) is 0. The van der Waals surface area contributed by atoms with Crippen molar-refractivity contribution in [3.8, 4) is 0 Å². The second-order valence-electron chi connectivity index (χ2n) is 8.47. The molecule has 0 spiro atoms. The summed E-state index contributed by atoms with van der Waals surface area (Å²) in [5.74, 6) is 0. The van der Waals surface area contributed by atoms with Crippen LogP contribution in [0.25, 0.3) is 0 Å². The van der Waals surface area contributed by atoms with Gasteiger partial charge in [-0.3, -0.25) is 0 Å². The molecule has 0 saturated heterocycles. The summed E-state index contributed by atoms with van der Waals surface area (Å²) >= 11 is 0. The van der Waals surface area contributed by atoms with Crippen molar-refractivity contribution >= 4 is 8.07 Å². The lowest BCUT2D eigenvalue weighted by Crippen LogP contribution is -2.30. The first-order valence-electron chi connectivity index (χ1n) is 12.0. The maximum absolute atomic E-state index is 3.91. The second kappa shape index (κ2) is 19.0. The maximum Gasteiger partial charge on any atom is 0.0527 e. The molecule has 0 rings (SSSR count). The lowest BCUT2D eigenvalue weighted by molar-refractivity contribution is 0.532. The van der Waals surface area contributed by atoms with Crippen LogP contribution in [-0.4, -0.2) is 8.07 Å². The van der Waals surface area contributed by atoms with Crippen LogP contribution in [0, 0.1) is 6.92 Å². The molecule has 0 unspecified atom stereocenters. The third-order valence-electron chi connectivity index (χ3n) is 6.71. The zero-order valence-electron chi connectivity index (χ0n) is 18.3. The molecule has 0 aromatic heterocycles. The Bertz CT molecular complexity index is 236. The van der Waals surface area contributed by atoms with Crippen LogP contribution in [0.2, 0.25) is 24.2 Å². The van der Waals surface area contributed by atoms with E-state index in [1.54, 1.807) is 6.04 Å². The summed E-state index contributed by atoms with van der Waals surface area (Å²) in [5, 5.41) is 0. The second-order valence-corrected chi connectivity index (χ2v) is 14.1. The molecule has 0 fully saturated rings. The molecule has 0 heterocycles. The highest BCUT2D eigenvalue weighted by Crippen LogP contribution is 2.27. The minimum atomic E-state index is -0.827. The monoisotopic (exact) mass is 367 g/mol. The van der Waals surface area contributed by atoms with E-state index in [0.717, 1.165) is 6.42 Å². The molecule has 0 aliphatic carbocycles. The summed E-state index contributed by atoms with van der Waals surface area (Å²) in [4.78, 5) is 0. The highest BCUT2D eigenvalue weighted by molar-refractivity contribution is 6.79. The highest BCUT2D eigenvalue weighted by Gasteiger charge is 2.25. The molecule has 1 radical (unpaired) electrons. The maximum atomic E-state index is 3.91. The van der Waals surface area contributed by atoms with Gasteiger partial charge in [-0.05, 0) is 0 Å². The van der Waals surface area contributed by atoms with E-state index in [9.17, 15) is 0 Å². The number of hydrogen-bond donors (Lipinski definition) is 0. The molecule has 0 nitrogen and oxygen atoms in total. The van der Waals surface area contributed by atoms with Gasteiger partial charge in [0.1, 0.15) is 0 Å². The van der Waals surface area contributed by atoms with Crippen LogP contribution in [0.15, 0.2) is 0 Å². The summed E-state index contributed by atoms with van der Waals surface area (Å²) < 4.78 is 0. The number of rotatable bonds is 20. The van der Waals surface area contributed by atoms with E-state index in [4.69, 9.17) is 0 Å². The van der Waals surface area contributed by atoms with Crippen molar-refractivity contribution in [3.63, 3.8) is 0 Å². The third-order valence-corrected chi connectivity index (χ3v) is 12.6. The molecule has 25 heavy (non-hydrogen) atoms. The quantitative estimate of drug-likeness (QED) is 0.148. The Morgan fingerprint density at radius 1 is 0.440 bits per heavy atom. The molecule has 0 bridgehead atoms. The largest absolute Gasteiger partial charge is 0.0678 e. The van der Waals surface area contributed by atoms with Crippen molar-refractivity contribution in [3.05, 3.63) is 6.92 Å². The van der Waals surface area contributed by atoms with Crippen molar-refractivity contribution in [2.75, 3.05) is 0 Å². The van der Waals surface area contributed by atoms with E-state index < -0.39 is 8.07 Å². The predicted molar refractivity (Wildman–Crippen MR) is 121 cm³/mol. The summed E-state index contributed by atoms with van der Waals surface area (Å²) in [5.41, 5.74) is 0. The van der Waals surface area contributed by atoms with Crippen molar-refractivity contribution < 1.29 is 0 Å². The molecule has 0 aliphatic rings. The normalized spacial score (nSPS) is 12.0. The highest BCUT2D eigenvalue weighted by atomic mass is 28.3. The molecule has 0 amide bonds. The lowest BCUT2D eigenvalue weighted by Gasteiger charge is -2.28. The van der Waals surface area contributed by atoms with E-state index in [0.29, 0.717) is 0 Å². The van der Waals surface area contributed by atoms with E-state index in [2.05, 4.69) is 27.7 Å². The first-order chi connectivity index (χ1) is 12.2. The summed E-state index contributed by atoms with van der Waals surface area (Å²) in [6, 6.07) is 6.13. The Hall–Kier alpha value is 0.217. The van der Waals surface area contributed by atoms with Crippen LogP contribution < -0.4 is 0 Å². The van der Waals surface area contributed by atoms with Crippen molar-refractivity contribution in [2.45, 2.75) is 148 Å². The van der Waals surface area contributed by atoms with E-state index in [1.165, 1.54) is 114 Å². The van der Waals surface area contributed by atoms with Crippen molar-refractivity contribution in [1.29, 1.82) is 0 Å². The molecule has 1 heteroatoms. The molecule has 0 aliphatic heterocycles. The minimum absolute atomic E-state index is 0.827. The summed E-state index contributed by atoms with van der Waals surface area (Å²) in [6.45, 7) is 11.3. The minimum Gasteiger partial charge on any atom is -0.0678 e. The van der Waals surface area contributed by atoms with Gasteiger partial charge in [-0.25, -0.2) is 0 Å². The van der Waals surface area contributed by atoms with Crippen LogP contribution in [0.3, 0.4) is 0 Å². The zero-order chi connectivity index (χ0) is 18.6. The number of unbranched alkanes of at least 4 members (excludes halogenated alkanes) is 15. The fraction of sp³-hybridized carbons (Fsp3) is 0.958. The Morgan fingerprint density at radius 2 is 0.720 bits per heavy atom. The van der Waals surface area contributed by atoms with Gasteiger partial charge in [-0.1, -0.05) is 155 Å². The SMILES string of the molecule is [CH2]CCCCCCCCCCCCCCCCC[Si](CC)(CC)CC. The molecule has 0 saturated carbocycles. The van der Waals surface area contributed by atoms with Gasteiger partial charge >= 0.3 is 0 Å². The molecule has 0 N–H and O–H groups in total. The first-order valence-corrected chi connectivity index (χ1v) is 14.9. The summed E-state index contributed by atoms with van der Waals surface area (Å²) in [6.07, 6.45) is 23.1. The first kappa shape index (κ1) is 25.2. The average molecular weight is 368 g/mol. The van der Waals surface area contributed by atoms with Gasteiger partial charge < -0.3 is 0 Å². The van der Waals surface area contributed by atoms with Crippen LogP contribution in [0.5, 0.6) is 0 Å². The standard InChI is InChI=1S/C24H51Si/c1-5-9-10-11-12-13-14-15-16-17-18-19-20-21-22-23-24-25(6-2,7-3)8-4/h1,5-24H2,2-4H3. The van der Waals surface area contributed by atoms with Crippen LogP contribution in [0.4, 0.5) is 0 Å². The molecular weight excluding hydrogens is 316 g/mol. The van der Waals surface area contributed by atoms with Crippen LogP contribution in [0.1, 0.15) is 124 Å². The molecule has 0 atom stereocenters. The van der Waals surface area contributed by atoms with Gasteiger partial charge in [-0.15, -0.1) is 0 Å². The fourth-order valence-corrected chi connectivity index (χ4v) is 7.82. The molecule has 151 valence electrons. The summed E-state index contributed by atoms with van der Waals surface area (Å²) in [7, 11) is -0.827. The topological polar surface area (TPSA) is 0 Å². The van der Waals surface area contributed by atoms with Gasteiger partial charge in [0.15, 0.2) is 0 Å². The molecule has 0 aromatic rings. The van der Waals surface area contributed by atoms with Gasteiger partial charge in [0.25, 0.3) is 0 Å². The molecule has 0 aromatic carbocycles. The average Bonchev–Trinajstić information content (AvgIpc) is 2.65. The Morgan fingerprint density at radius 3 is 1.00 bits per heavy atom. The lowest BCUT2D eigenvalue weighted by atomic mass is 10.0. The van der Waals surface area contributed by atoms with Crippen molar-refractivity contribution in [1.82, 2.24) is 0 Å². The van der Waals surface area contributed by atoms with E-state index in [-0.39, 0.29) is 0 Å².